The van der Waals surface area contributed by atoms with E-state index >= 15 is 0 Å². The highest BCUT2D eigenvalue weighted by molar-refractivity contribution is 6.58. The summed E-state index contributed by atoms with van der Waals surface area (Å²) in [5.74, 6) is -0.0691. The zero-order valence-corrected chi connectivity index (χ0v) is 11.9. The third-order valence-electron chi connectivity index (χ3n) is 3.34. The fourth-order valence-corrected chi connectivity index (χ4v) is 2.11. The predicted octanol–water partition coefficient (Wildman–Crippen LogP) is 1.03. The van der Waals surface area contributed by atoms with Gasteiger partial charge in [0.15, 0.2) is 0 Å². The van der Waals surface area contributed by atoms with E-state index in [0.29, 0.717) is 24.1 Å². The van der Waals surface area contributed by atoms with E-state index in [1.165, 1.54) is 0 Å². The Hall–Kier alpha value is -2.11. The predicted molar refractivity (Wildman–Crippen MR) is 83.1 cm³/mol. The summed E-state index contributed by atoms with van der Waals surface area (Å²) in [5.41, 5.74) is 1.99. The van der Waals surface area contributed by atoms with Crippen LogP contribution in [-0.4, -0.2) is 34.5 Å². The van der Waals surface area contributed by atoms with Gasteiger partial charge in [-0.15, -0.1) is 0 Å². The molecule has 0 fully saturated rings. The van der Waals surface area contributed by atoms with Crippen molar-refractivity contribution in [3.05, 3.63) is 65.7 Å². The molecule has 5 heteroatoms. The van der Waals surface area contributed by atoms with Crippen molar-refractivity contribution in [3.8, 4) is 0 Å². The first-order valence-electron chi connectivity index (χ1n) is 6.91. The minimum absolute atomic E-state index is 0.0691. The molecule has 0 aliphatic rings. The average molecular weight is 283 g/mol. The molecule has 0 radical (unpaired) electrons. The highest BCUT2D eigenvalue weighted by atomic mass is 16.4. The van der Waals surface area contributed by atoms with Gasteiger partial charge in [0.25, 0.3) is 5.91 Å². The summed E-state index contributed by atoms with van der Waals surface area (Å²) in [6.45, 7) is 3.10. The van der Waals surface area contributed by atoms with Crippen LogP contribution in [0.3, 0.4) is 0 Å². The second-order valence-electron chi connectivity index (χ2n) is 4.80. The van der Waals surface area contributed by atoms with E-state index in [4.69, 9.17) is 10.0 Å². The first-order valence-corrected chi connectivity index (χ1v) is 6.91. The molecule has 1 amide bonds. The monoisotopic (exact) mass is 283 g/mol. The number of rotatable bonds is 5. The summed E-state index contributed by atoms with van der Waals surface area (Å²) in [5, 5.41) is 18.1. The Morgan fingerprint density at radius 1 is 1.05 bits per heavy atom. The van der Waals surface area contributed by atoms with Crippen LogP contribution < -0.4 is 5.46 Å². The first-order chi connectivity index (χ1) is 10.1. The molecular weight excluding hydrogens is 265 g/mol. The standard InChI is InChI=1S/C16H18BNO3/c1-2-18(12-13-6-4-3-5-7-13)16(19)14-8-10-15(11-9-14)17(20)21/h3-11,20-21H,2,12H2,1H3. The van der Waals surface area contributed by atoms with Gasteiger partial charge in [0.1, 0.15) is 0 Å². The molecule has 2 aromatic carbocycles. The largest absolute Gasteiger partial charge is 0.488 e. The topological polar surface area (TPSA) is 60.8 Å². The highest BCUT2D eigenvalue weighted by Crippen LogP contribution is 2.09. The van der Waals surface area contributed by atoms with Gasteiger partial charge in [-0.3, -0.25) is 4.79 Å². The van der Waals surface area contributed by atoms with E-state index in [9.17, 15) is 4.79 Å². The maximum atomic E-state index is 12.5. The molecule has 2 N–H and O–H groups in total. The number of amides is 1. The molecule has 0 saturated carbocycles. The van der Waals surface area contributed by atoms with Gasteiger partial charge in [0.2, 0.25) is 0 Å². The minimum Gasteiger partial charge on any atom is -0.423 e. The van der Waals surface area contributed by atoms with Gasteiger partial charge in [-0.25, -0.2) is 0 Å². The van der Waals surface area contributed by atoms with Gasteiger partial charge in [0.05, 0.1) is 0 Å². The van der Waals surface area contributed by atoms with Gasteiger partial charge < -0.3 is 14.9 Å². The summed E-state index contributed by atoms with van der Waals surface area (Å²) in [6.07, 6.45) is 0. The summed E-state index contributed by atoms with van der Waals surface area (Å²) >= 11 is 0. The minimum atomic E-state index is -1.51. The molecule has 108 valence electrons. The van der Waals surface area contributed by atoms with Crippen LogP contribution in [0, 0.1) is 0 Å². The number of nitrogens with zero attached hydrogens (tertiary/aromatic N) is 1. The van der Waals surface area contributed by atoms with Crippen molar-refractivity contribution in [1.82, 2.24) is 4.90 Å². The summed E-state index contributed by atoms with van der Waals surface area (Å²) in [6, 6.07) is 16.1. The fourth-order valence-electron chi connectivity index (χ4n) is 2.11. The van der Waals surface area contributed by atoms with Gasteiger partial charge in [-0.2, -0.15) is 0 Å². The molecule has 0 atom stereocenters. The van der Waals surface area contributed by atoms with E-state index in [1.54, 1.807) is 29.2 Å². The van der Waals surface area contributed by atoms with Crippen LogP contribution in [0.1, 0.15) is 22.8 Å². The van der Waals surface area contributed by atoms with E-state index in [0.717, 1.165) is 5.56 Å². The SMILES string of the molecule is CCN(Cc1ccccc1)C(=O)c1ccc(B(O)O)cc1. The Bertz CT molecular complexity index is 584. The molecule has 21 heavy (non-hydrogen) atoms. The Balaban J connectivity index is 2.12. The molecule has 0 bridgehead atoms. The van der Waals surface area contributed by atoms with Crippen LogP contribution >= 0.6 is 0 Å². The highest BCUT2D eigenvalue weighted by Gasteiger charge is 2.16. The van der Waals surface area contributed by atoms with Gasteiger partial charge in [-0.1, -0.05) is 42.5 Å². The zero-order chi connectivity index (χ0) is 15.2. The second-order valence-corrected chi connectivity index (χ2v) is 4.80. The van der Waals surface area contributed by atoms with Crippen LogP contribution in [0.2, 0.25) is 0 Å². The van der Waals surface area contributed by atoms with Crippen LogP contribution in [0.25, 0.3) is 0 Å². The maximum absolute atomic E-state index is 12.5. The Morgan fingerprint density at radius 2 is 1.67 bits per heavy atom. The van der Waals surface area contributed by atoms with Crippen molar-refractivity contribution in [2.24, 2.45) is 0 Å². The number of carbonyl (C=O) groups excluding carboxylic acids is 1. The normalized spacial score (nSPS) is 10.2. The smallest absolute Gasteiger partial charge is 0.423 e. The van der Waals surface area contributed by atoms with Gasteiger partial charge >= 0.3 is 7.12 Å². The van der Waals surface area contributed by atoms with Crippen LogP contribution in [0.15, 0.2) is 54.6 Å². The third kappa shape index (κ3) is 3.94. The molecular formula is C16H18BNO3. The molecule has 0 aliphatic carbocycles. The molecule has 2 rings (SSSR count). The molecule has 0 saturated heterocycles. The second kappa shape index (κ2) is 7.06. The maximum Gasteiger partial charge on any atom is 0.488 e. The van der Waals surface area contributed by atoms with Gasteiger partial charge in [0, 0.05) is 18.7 Å². The van der Waals surface area contributed by atoms with E-state index in [1.807, 2.05) is 37.3 Å². The summed E-state index contributed by atoms with van der Waals surface area (Å²) < 4.78 is 0. The molecule has 4 nitrogen and oxygen atoms in total. The Labute approximate surface area is 124 Å². The van der Waals surface area contributed by atoms with Crippen molar-refractivity contribution < 1.29 is 14.8 Å². The molecule has 2 aromatic rings. The van der Waals surface area contributed by atoms with E-state index in [-0.39, 0.29) is 5.91 Å². The van der Waals surface area contributed by atoms with Crippen molar-refractivity contribution in [2.75, 3.05) is 6.54 Å². The molecule has 0 aliphatic heterocycles. The van der Waals surface area contributed by atoms with Crippen LogP contribution in [-0.2, 0) is 6.54 Å². The Morgan fingerprint density at radius 3 is 2.19 bits per heavy atom. The molecule has 0 unspecified atom stereocenters. The number of carbonyl (C=O) groups is 1. The van der Waals surface area contributed by atoms with Crippen molar-refractivity contribution >= 4 is 18.5 Å². The lowest BCUT2D eigenvalue weighted by atomic mass is 9.80. The van der Waals surface area contributed by atoms with Crippen molar-refractivity contribution in [1.29, 1.82) is 0 Å². The quantitative estimate of drug-likeness (QED) is 0.806. The lowest BCUT2D eigenvalue weighted by Gasteiger charge is -2.21. The van der Waals surface area contributed by atoms with E-state index < -0.39 is 7.12 Å². The average Bonchev–Trinajstić information content (AvgIpc) is 2.53. The zero-order valence-electron chi connectivity index (χ0n) is 11.9. The number of hydrogen-bond donors (Lipinski definition) is 2. The lowest BCUT2D eigenvalue weighted by molar-refractivity contribution is 0.0752. The molecule has 0 spiro atoms. The van der Waals surface area contributed by atoms with Crippen LogP contribution in [0.4, 0.5) is 0 Å². The summed E-state index contributed by atoms with van der Waals surface area (Å²) in [4.78, 5) is 14.2. The summed E-state index contributed by atoms with van der Waals surface area (Å²) in [7, 11) is -1.51. The van der Waals surface area contributed by atoms with Gasteiger partial charge in [-0.05, 0) is 30.1 Å². The first kappa shape index (κ1) is 15.3. The van der Waals surface area contributed by atoms with Crippen molar-refractivity contribution in [3.63, 3.8) is 0 Å². The number of benzene rings is 2. The fraction of sp³-hybridized carbons (Fsp3) is 0.188. The number of hydrogen-bond acceptors (Lipinski definition) is 3. The van der Waals surface area contributed by atoms with Crippen molar-refractivity contribution in [2.45, 2.75) is 13.5 Å². The molecule has 0 aromatic heterocycles. The lowest BCUT2D eigenvalue weighted by Crippen LogP contribution is -2.32. The molecule has 0 heterocycles. The third-order valence-corrected chi connectivity index (χ3v) is 3.34. The van der Waals surface area contributed by atoms with Crippen LogP contribution in [0.5, 0.6) is 0 Å². The van der Waals surface area contributed by atoms with E-state index in [2.05, 4.69) is 0 Å². The Kier molecular flexibility index (Phi) is 5.14.